The number of hydrogen-bond acceptors (Lipinski definition) is 6. The van der Waals surface area contributed by atoms with Crippen LogP contribution in [0.25, 0.3) is 0 Å². The van der Waals surface area contributed by atoms with Gasteiger partial charge in [0.25, 0.3) is 11.8 Å². The second-order valence-electron chi connectivity index (χ2n) is 11.0. The first-order valence-corrected chi connectivity index (χ1v) is 14.5. The van der Waals surface area contributed by atoms with Gasteiger partial charge in [0.15, 0.2) is 5.60 Å². The van der Waals surface area contributed by atoms with Gasteiger partial charge in [-0.25, -0.2) is 0 Å². The zero-order valence-corrected chi connectivity index (χ0v) is 24.4. The SMILES string of the molecule is COc1ccc(C(=O)Nc2ccc(CN3C(=O)[C@](O)([C@H](C)/C=C/CC(=O)N4CCC[C@H]4CO)c4ccccc43)cc2)cc1. The second kappa shape index (κ2) is 12.8. The van der Waals surface area contributed by atoms with Gasteiger partial charge in [-0.05, 0) is 60.9 Å². The van der Waals surface area contributed by atoms with Crippen LogP contribution in [0.4, 0.5) is 11.4 Å². The molecule has 5 rings (SSSR count). The number of rotatable bonds is 10. The number of aliphatic hydroxyl groups excluding tert-OH is 1. The van der Waals surface area contributed by atoms with Gasteiger partial charge < -0.3 is 30.1 Å². The highest BCUT2D eigenvalue weighted by Gasteiger charge is 2.52. The molecule has 3 N–H and O–H groups in total. The Bertz CT molecular complexity index is 1500. The number of aliphatic hydroxyl groups is 2. The first kappa shape index (κ1) is 30.0. The van der Waals surface area contributed by atoms with Gasteiger partial charge in [0.2, 0.25) is 5.91 Å². The van der Waals surface area contributed by atoms with E-state index in [2.05, 4.69) is 5.32 Å². The summed E-state index contributed by atoms with van der Waals surface area (Å²) >= 11 is 0. The number of anilines is 2. The summed E-state index contributed by atoms with van der Waals surface area (Å²) in [7, 11) is 1.57. The molecule has 0 spiro atoms. The number of nitrogens with zero attached hydrogens (tertiary/aromatic N) is 2. The molecule has 1 fully saturated rings. The number of methoxy groups -OCH3 is 1. The predicted octanol–water partition coefficient (Wildman–Crippen LogP) is 4.25. The van der Waals surface area contributed by atoms with Crippen LogP contribution in [-0.2, 0) is 21.7 Å². The maximum absolute atomic E-state index is 13.8. The fourth-order valence-electron chi connectivity index (χ4n) is 5.86. The summed E-state index contributed by atoms with van der Waals surface area (Å²) in [4.78, 5) is 42.4. The molecular formula is C34H37N3O6. The lowest BCUT2D eigenvalue weighted by Gasteiger charge is -2.28. The van der Waals surface area contributed by atoms with Crippen LogP contribution >= 0.6 is 0 Å². The number of fused-ring (bicyclic) bond motifs is 1. The fraction of sp³-hybridized carbons (Fsp3) is 0.324. The van der Waals surface area contributed by atoms with E-state index in [1.54, 1.807) is 84.5 Å². The molecule has 2 heterocycles. The van der Waals surface area contributed by atoms with Crippen molar-refractivity contribution in [2.75, 3.05) is 30.5 Å². The Balaban J connectivity index is 1.26. The zero-order valence-electron chi connectivity index (χ0n) is 24.4. The number of carbonyl (C=O) groups excluding carboxylic acids is 3. The highest BCUT2D eigenvalue weighted by molar-refractivity contribution is 6.07. The Labute approximate surface area is 251 Å². The predicted molar refractivity (Wildman–Crippen MR) is 164 cm³/mol. The Morgan fingerprint density at radius 2 is 1.81 bits per heavy atom. The number of nitrogens with one attached hydrogen (secondary N) is 1. The zero-order chi connectivity index (χ0) is 30.6. The van der Waals surface area contributed by atoms with E-state index in [-0.39, 0.29) is 37.4 Å². The monoisotopic (exact) mass is 583 g/mol. The van der Waals surface area contributed by atoms with Crippen LogP contribution in [0.3, 0.4) is 0 Å². The summed E-state index contributed by atoms with van der Waals surface area (Å²) < 4.78 is 5.14. The molecular weight excluding hydrogens is 546 g/mol. The van der Waals surface area contributed by atoms with E-state index in [1.165, 1.54) is 0 Å². The van der Waals surface area contributed by atoms with E-state index < -0.39 is 17.4 Å². The summed E-state index contributed by atoms with van der Waals surface area (Å²) in [6, 6.07) is 21.1. The average Bonchev–Trinajstić information content (AvgIpc) is 3.60. The van der Waals surface area contributed by atoms with Crippen LogP contribution in [-0.4, -0.2) is 59.1 Å². The van der Waals surface area contributed by atoms with E-state index >= 15 is 0 Å². The number of para-hydroxylation sites is 1. The maximum atomic E-state index is 13.8. The standard InChI is InChI=1S/C34H37N3O6/c1-23(7-5-11-31(39)36-20-6-8-27(36)22-38)34(42)29-9-3-4-10-30(29)37(33(34)41)21-24-12-16-26(17-13-24)35-32(40)25-14-18-28(43-2)19-15-25/h3-5,7,9-10,12-19,23,27,38,42H,6,8,11,20-22H2,1-2H3,(H,35,40)/b7-5+/t23-,27+,34+/m1/s1. The molecule has 3 amide bonds. The van der Waals surface area contributed by atoms with E-state index in [4.69, 9.17) is 4.74 Å². The number of likely N-dealkylation sites (tertiary alicyclic amines) is 1. The molecule has 3 atom stereocenters. The van der Waals surface area contributed by atoms with Crippen molar-refractivity contribution in [3.8, 4) is 5.75 Å². The van der Waals surface area contributed by atoms with E-state index in [1.807, 2.05) is 24.3 Å². The van der Waals surface area contributed by atoms with Crippen LogP contribution in [0.2, 0.25) is 0 Å². The van der Waals surface area contributed by atoms with Gasteiger partial charge >= 0.3 is 0 Å². The van der Waals surface area contributed by atoms with Crippen molar-refractivity contribution < 1.29 is 29.3 Å². The van der Waals surface area contributed by atoms with Crippen molar-refractivity contribution in [1.82, 2.24) is 4.90 Å². The second-order valence-corrected chi connectivity index (χ2v) is 11.0. The summed E-state index contributed by atoms with van der Waals surface area (Å²) in [6.07, 6.45) is 5.23. The molecule has 2 aliphatic rings. The summed E-state index contributed by atoms with van der Waals surface area (Å²) in [6.45, 7) is 2.59. The summed E-state index contributed by atoms with van der Waals surface area (Å²) in [5, 5.41) is 24.2. The number of hydrogen-bond donors (Lipinski definition) is 3. The smallest absolute Gasteiger partial charge is 0.264 e. The minimum absolute atomic E-state index is 0.0478. The van der Waals surface area contributed by atoms with Crippen LogP contribution in [0.5, 0.6) is 5.75 Å². The third-order valence-electron chi connectivity index (χ3n) is 8.37. The van der Waals surface area contributed by atoms with Crippen molar-refractivity contribution in [3.63, 3.8) is 0 Å². The van der Waals surface area contributed by atoms with Gasteiger partial charge in [-0.1, -0.05) is 49.4 Å². The van der Waals surface area contributed by atoms with E-state index in [9.17, 15) is 24.6 Å². The molecule has 2 aliphatic heterocycles. The minimum Gasteiger partial charge on any atom is -0.497 e. The first-order valence-electron chi connectivity index (χ1n) is 14.5. The Hall–Kier alpha value is -4.47. The molecule has 224 valence electrons. The average molecular weight is 584 g/mol. The molecule has 43 heavy (non-hydrogen) atoms. The molecule has 0 saturated carbocycles. The van der Waals surface area contributed by atoms with Gasteiger partial charge in [0, 0.05) is 35.7 Å². The molecule has 3 aromatic rings. The number of amides is 3. The Kier molecular flexibility index (Phi) is 8.94. The number of ether oxygens (including phenoxy) is 1. The maximum Gasteiger partial charge on any atom is 0.264 e. The highest BCUT2D eigenvalue weighted by Crippen LogP contribution is 2.45. The molecule has 0 aromatic heterocycles. The normalized spacial score (nSPS) is 20.4. The molecule has 0 unspecified atom stereocenters. The van der Waals surface area contributed by atoms with Crippen molar-refractivity contribution >= 4 is 29.1 Å². The molecule has 9 nitrogen and oxygen atoms in total. The third kappa shape index (κ3) is 6.04. The lowest BCUT2D eigenvalue weighted by atomic mass is 9.83. The van der Waals surface area contributed by atoms with Crippen molar-refractivity contribution in [2.45, 2.75) is 44.4 Å². The van der Waals surface area contributed by atoms with Gasteiger partial charge in [-0.2, -0.15) is 0 Å². The summed E-state index contributed by atoms with van der Waals surface area (Å²) in [5.74, 6) is -0.687. The van der Waals surface area contributed by atoms with Crippen molar-refractivity contribution in [3.05, 3.63) is 102 Å². The molecule has 0 bridgehead atoms. The van der Waals surface area contributed by atoms with Gasteiger partial charge in [0.05, 0.1) is 32.0 Å². The Morgan fingerprint density at radius 1 is 1.09 bits per heavy atom. The van der Waals surface area contributed by atoms with Crippen molar-refractivity contribution in [1.29, 1.82) is 0 Å². The van der Waals surface area contributed by atoms with Gasteiger partial charge in [-0.15, -0.1) is 0 Å². The topological polar surface area (TPSA) is 119 Å². The first-order chi connectivity index (χ1) is 20.8. The van der Waals surface area contributed by atoms with Crippen LogP contribution in [0, 0.1) is 5.92 Å². The lowest BCUT2D eigenvalue weighted by molar-refractivity contribution is -0.139. The fourth-order valence-corrected chi connectivity index (χ4v) is 5.86. The summed E-state index contributed by atoms with van der Waals surface area (Å²) in [5.41, 5.74) is 1.30. The third-order valence-corrected chi connectivity index (χ3v) is 8.37. The number of carbonyl (C=O) groups is 3. The molecule has 0 aliphatic carbocycles. The van der Waals surface area contributed by atoms with E-state index in [0.29, 0.717) is 34.8 Å². The van der Waals surface area contributed by atoms with Crippen LogP contribution in [0.15, 0.2) is 84.9 Å². The Morgan fingerprint density at radius 3 is 2.51 bits per heavy atom. The molecule has 1 saturated heterocycles. The van der Waals surface area contributed by atoms with E-state index in [0.717, 1.165) is 18.4 Å². The quantitative estimate of drug-likeness (QED) is 0.307. The minimum atomic E-state index is -1.79. The van der Waals surface area contributed by atoms with Crippen LogP contribution in [0.1, 0.15) is 47.7 Å². The van der Waals surface area contributed by atoms with Crippen LogP contribution < -0.4 is 15.0 Å². The lowest BCUT2D eigenvalue weighted by Crippen LogP contribution is -2.44. The molecule has 9 heteroatoms. The van der Waals surface area contributed by atoms with Crippen molar-refractivity contribution in [2.24, 2.45) is 5.92 Å². The van der Waals surface area contributed by atoms with Gasteiger partial charge in [0.1, 0.15) is 5.75 Å². The molecule has 0 radical (unpaired) electrons. The largest absolute Gasteiger partial charge is 0.497 e. The van der Waals surface area contributed by atoms with Gasteiger partial charge in [-0.3, -0.25) is 14.4 Å². The molecule has 3 aromatic carbocycles. The highest BCUT2D eigenvalue weighted by atomic mass is 16.5. The number of benzene rings is 3.